The first-order valence-electron chi connectivity index (χ1n) is 10.4. The van der Waals surface area contributed by atoms with Crippen LogP contribution in [0.5, 0.6) is 0 Å². The van der Waals surface area contributed by atoms with E-state index in [4.69, 9.17) is 33.6 Å². The lowest BCUT2D eigenvalue weighted by Crippen LogP contribution is -2.38. The van der Waals surface area contributed by atoms with E-state index in [2.05, 4.69) is 43.0 Å². The Morgan fingerprint density at radius 2 is 2.12 bits per heavy atom. The summed E-state index contributed by atoms with van der Waals surface area (Å²) < 4.78 is 6.10. The van der Waals surface area contributed by atoms with E-state index in [0.717, 1.165) is 24.9 Å². The maximum Gasteiger partial charge on any atom is 0.293 e. The largest absolute Gasteiger partial charge is 0.378 e. The van der Waals surface area contributed by atoms with Crippen molar-refractivity contribution < 1.29 is 9.42 Å². The summed E-state index contributed by atoms with van der Waals surface area (Å²) in [6.45, 7) is 5.23. The third-order valence-corrected chi connectivity index (χ3v) is 6.37. The van der Waals surface area contributed by atoms with E-state index in [1.165, 1.54) is 11.1 Å². The van der Waals surface area contributed by atoms with Gasteiger partial charge in [-0.2, -0.15) is 9.78 Å². The molecular formula is C20H23Cl2N9O2. The van der Waals surface area contributed by atoms with E-state index in [1.54, 1.807) is 25.1 Å². The molecule has 0 radical (unpaired) electrons. The van der Waals surface area contributed by atoms with Crippen LogP contribution < -0.4 is 11.2 Å². The second kappa shape index (κ2) is 9.86. The number of hydrogen-bond acceptors (Lipinski definition) is 9. The van der Waals surface area contributed by atoms with Crippen molar-refractivity contribution in [1.82, 2.24) is 35.6 Å². The fourth-order valence-corrected chi connectivity index (χ4v) is 3.98. The van der Waals surface area contributed by atoms with Crippen molar-refractivity contribution >= 4 is 40.6 Å². The number of benzene rings is 1. The van der Waals surface area contributed by atoms with Crippen LogP contribution in [0.1, 0.15) is 54.9 Å². The normalized spacial score (nSPS) is 17.3. The van der Waals surface area contributed by atoms with Crippen LogP contribution in [0.2, 0.25) is 10.0 Å². The minimum atomic E-state index is -0.518. The molecule has 1 aromatic carbocycles. The van der Waals surface area contributed by atoms with Crippen molar-refractivity contribution in [2.45, 2.75) is 45.7 Å². The third-order valence-electron chi connectivity index (χ3n) is 5.63. The molecule has 4 rings (SSSR count). The molecule has 1 saturated heterocycles. The van der Waals surface area contributed by atoms with Crippen LogP contribution in [-0.2, 0) is 6.54 Å². The number of anilines is 1. The lowest BCUT2D eigenvalue weighted by Gasteiger charge is -2.33. The van der Waals surface area contributed by atoms with Crippen LogP contribution >= 0.6 is 23.2 Å². The standard InChI is InChI=1S/C20H23Cl2N9O2/c1-11-5-3-4-8-30(11)10-16-17(25-29-31(16)19-18(23)27-33-28-19)20(32)26-24-12(2)13-6-7-14(21)15(22)9-13/h6-7,9,11H,3-5,8,10H2,1-2H3,(H2,23,27)(H,26,32)/b24-12-. The fourth-order valence-electron chi connectivity index (χ4n) is 3.69. The Morgan fingerprint density at radius 1 is 1.30 bits per heavy atom. The smallest absolute Gasteiger partial charge is 0.293 e. The molecule has 3 aromatic rings. The summed E-state index contributed by atoms with van der Waals surface area (Å²) in [4.78, 5) is 15.3. The van der Waals surface area contributed by atoms with Crippen molar-refractivity contribution in [1.29, 1.82) is 0 Å². The Bertz CT molecular complexity index is 1190. The summed E-state index contributed by atoms with van der Waals surface area (Å²) in [5.74, 6) is -0.291. The van der Waals surface area contributed by atoms with E-state index in [1.807, 2.05) is 0 Å². The molecule has 3 N–H and O–H groups in total. The minimum Gasteiger partial charge on any atom is -0.378 e. The molecule has 1 fully saturated rings. The van der Waals surface area contributed by atoms with Crippen LogP contribution in [0.15, 0.2) is 27.9 Å². The molecule has 1 unspecified atom stereocenters. The number of halogens is 2. The Labute approximate surface area is 199 Å². The Kier molecular flexibility index (Phi) is 6.91. The molecule has 13 heteroatoms. The van der Waals surface area contributed by atoms with Gasteiger partial charge in [0.25, 0.3) is 5.91 Å². The van der Waals surface area contributed by atoms with Gasteiger partial charge in [0.2, 0.25) is 11.6 Å². The Balaban J connectivity index is 1.62. The number of carbonyl (C=O) groups excluding carboxylic acids is 1. The highest BCUT2D eigenvalue weighted by Gasteiger charge is 2.28. The maximum atomic E-state index is 13.0. The first-order valence-corrected chi connectivity index (χ1v) is 11.2. The highest BCUT2D eigenvalue weighted by Crippen LogP contribution is 2.24. The van der Waals surface area contributed by atoms with Crippen molar-refractivity contribution in [3.63, 3.8) is 0 Å². The third kappa shape index (κ3) is 5.00. The first-order chi connectivity index (χ1) is 15.8. The van der Waals surface area contributed by atoms with E-state index < -0.39 is 5.91 Å². The van der Waals surface area contributed by atoms with Gasteiger partial charge in [-0.1, -0.05) is 40.9 Å². The minimum absolute atomic E-state index is 0.0493. The van der Waals surface area contributed by atoms with Gasteiger partial charge in [-0.25, -0.2) is 10.1 Å². The molecule has 0 bridgehead atoms. The van der Waals surface area contributed by atoms with Crippen molar-refractivity contribution in [2.24, 2.45) is 5.10 Å². The first kappa shape index (κ1) is 23.1. The highest BCUT2D eigenvalue weighted by atomic mass is 35.5. The average molecular weight is 492 g/mol. The number of nitrogens with one attached hydrogen (secondary N) is 1. The number of piperidine rings is 1. The number of carbonyl (C=O) groups is 1. The molecule has 1 aliphatic heterocycles. The number of hydrogen-bond donors (Lipinski definition) is 2. The van der Waals surface area contributed by atoms with Gasteiger partial charge in [0.05, 0.1) is 21.5 Å². The van der Waals surface area contributed by atoms with Crippen LogP contribution in [0.25, 0.3) is 5.82 Å². The molecule has 1 amide bonds. The highest BCUT2D eigenvalue weighted by molar-refractivity contribution is 6.42. The monoisotopic (exact) mass is 491 g/mol. The van der Waals surface area contributed by atoms with Gasteiger partial charge < -0.3 is 5.73 Å². The molecule has 0 spiro atoms. The lowest BCUT2D eigenvalue weighted by molar-refractivity contribution is 0.0944. The zero-order chi connectivity index (χ0) is 23.5. The molecule has 1 atom stereocenters. The molecule has 0 aliphatic carbocycles. The van der Waals surface area contributed by atoms with Gasteiger partial charge in [0, 0.05) is 12.6 Å². The average Bonchev–Trinajstić information content (AvgIpc) is 3.41. The summed E-state index contributed by atoms with van der Waals surface area (Å²) in [6.07, 6.45) is 3.32. The summed E-state index contributed by atoms with van der Waals surface area (Å²) in [6, 6.07) is 5.45. The Morgan fingerprint density at radius 3 is 2.82 bits per heavy atom. The van der Waals surface area contributed by atoms with Crippen molar-refractivity contribution in [3.8, 4) is 5.82 Å². The summed E-state index contributed by atoms with van der Waals surface area (Å²) in [7, 11) is 0. The van der Waals surface area contributed by atoms with Crippen molar-refractivity contribution in [2.75, 3.05) is 12.3 Å². The zero-order valence-corrected chi connectivity index (χ0v) is 19.6. The second-order valence-corrected chi connectivity index (χ2v) is 8.67. The van der Waals surface area contributed by atoms with Crippen LogP contribution in [0.4, 0.5) is 5.82 Å². The van der Waals surface area contributed by atoms with Gasteiger partial charge in [0.15, 0.2) is 5.69 Å². The zero-order valence-electron chi connectivity index (χ0n) is 18.1. The van der Waals surface area contributed by atoms with Gasteiger partial charge in [-0.15, -0.1) is 5.10 Å². The van der Waals surface area contributed by atoms with E-state index in [0.29, 0.717) is 34.0 Å². The number of rotatable bonds is 6. The molecule has 33 heavy (non-hydrogen) atoms. The van der Waals surface area contributed by atoms with E-state index >= 15 is 0 Å². The molecule has 1 aliphatic rings. The van der Waals surface area contributed by atoms with Crippen LogP contribution in [-0.4, -0.2) is 54.4 Å². The summed E-state index contributed by atoms with van der Waals surface area (Å²) in [5, 5.41) is 20.6. The number of nitrogens with zero attached hydrogens (tertiary/aromatic N) is 7. The van der Waals surface area contributed by atoms with Crippen LogP contribution in [0, 0.1) is 0 Å². The molecule has 174 valence electrons. The number of nitrogen functional groups attached to an aromatic ring is 1. The number of hydrazone groups is 1. The van der Waals surface area contributed by atoms with Gasteiger partial charge in [0.1, 0.15) is 0 Å². The van der Waals surface area contributed by atoms with Crippen LogP contribution in [0.3, 0.4) is 0 Å². The molecule has 0 saturated carbocycles. The Hall–Kier alpha value is -3.02. The predicted octanol–water partition coefficient (Wildman–Crippen LogP) is 3.07. The molecular weight excluding hydrogens is 469 g/mol. The quantitative estimate of drug-likeness (QED) is 0.395. The lowest BCUT2D eigenvalue weighted by atomic mass is 10.0. The number of nitrogens with two attached hydrogens (primary N) is 1. The number of aromatic nitrogens is 5. The van der Waals surface area contributed by atoms with Gasteiger partial charge >= 0.3 is 0 Å². The maximum absolute atomic E-state index is 13.0. The SMILES string of the molecule is C/C(=N/NC(=O)c1nnn(-c2nonc2N)c1CN1CCCCC1C)c1ccc(Cl)c(Cl)c1. The van der Waals surface area contributed by atoms with E-state index in [-0.39, 0.29) is 17.3 Å². The van der Waals surface area contributed by atoms with Gasteiger partial charge in [-0.05, 0) is 61.2 Å². The van der Waals surface area contributed by atoms with Crippen molar-refractivity contribution in [3.05, 3.63) is 45.2 Å². The van der Waals surface area contributed by atoms with Gasteiger partial charge in [-0.3, -0.25) is 9.69 Å². The summed E-state index contributed by atoms with van der Waals surface area (Å²) >= 11 is 12.0. The summed E-state index contributed by atoms with van der Waals surface area (Å²) in [5.41, 5.74) is 10.3. The predicted molar refractivity (Wildman–Crippen MR) is 123 cm³/mol. The number of amides is 1. The molecule has 2 aromatic heterocycles. The number of likely N-dealkylation sites (tertiary alicyclic amines) is 1. The topological polar surface area (TPSA) is 140 Å². The second-order valence-electron chi connectivity index (χ2n) is 7.85. The molecule has 3 heterocycles. The van der Waals surface area contributed by atoms with E-state index in [9.17, 15) is 4.79 Å². The fraction of sp³-hybridized carbons (Fsp3) is 0.400. The molecule has 11 nitrogen and oxygen atoms in total.